The van der Waals surface area contributed by atoms with Crippen LogP contribution < -0.4 is 16.4 Å². The van der Waals surface area contributed by atoms with Gasteiger partial charge in [0.1, 0.15) is 0 Å². The van der Waals surface area contributed by atoms with Gasteiger partial charge in [0.15, 0.2) is 0 Å². The molecule has 5 N–H and O–H groups in total. The molecule has 0 unspecified atom stereocenters. The average molecular weight is 366 g/mol. The largest absolute Gasteiger partial charge is 0.366 e. The maximum atomic E-state index is 12.3. The number of carbonyl (C=O) groups is 2. The maximum Gasteiger partial charge on any atom is 0.250 e. The molecule has 3 aromatic rings. The van der Waals surface area contributed by atoms with Gasteiger partial charge in [0.25, 0.3) is 5.91 Å². The Hall–Kier alpha value is -3.13. The molecule has 27 heavy (non-hydrogen) atoms. The van der Waals surface area contributed by atoms with E-state index in [4.69, 9.17) is 5.73 Å². The van der Waals surface area contributed by atoms with Gasteiger partial charge in [-0.25, -0.2) is 0 Å². The van der Waals surface area contributed by atoms with Gasteiger partial charge in [-0.2, -0.15) is 5.10 Å². The highest BCUT2D eigenvalue weighted by Gasteiger charge is 2.13. The number of aryl methyl sites for hydroxylation is 2. The lowest BCUT2D eigenvalue weighted by Gasteiger charge is -2.05. The number of primary amides is 1. The van der Waals surface area contributed by atoms with Crippen molar-refractivity contribution in [3.8, 4) is 0 Å². The van der Waals surface area contributed by atoms with E-state index in [2.05, 4.69) is 26.8 Å². The van der Waals surface area contributed by atoms with Gasteiger partial charge in [-0.15, -0.1) is 0 Å². The lowest BCUT2D eigenvalue weighted by Crippen LogP contribution is -2.13. The summed E-state index contributed by atoms with van der Waals surface area (Å²) in [6.45, 7) is 2.73. The summed E-state index contributed by atoms with van der Waals surface area (Å²) in [5.41, 5.74) is 9.33. The van der Waals surface area contributed by atoms with E-state index >= 15 is 0 Å². The van der Waals surface area contributed by atoms with Crippen LogP contribution in [0.1, 0.15) is 34.6 Å². The van der Waals surface area contributed by atoms with E-state index in [9.17, 15) is 9.59 Å². The van der Waals surface area contributed by atoms with Crippen LogP contribution in [-0.2, 0) is 24.3 Å². The third-order valence-electron chi connectivity index (χ3n) is 4.78. The van der Waals surface area contributed by atoms with Gasteiger partial charge in [0.2, 0.25) is 5.91 Å². The van der Waals surface area contributed by atoms with Gasteiger partial charge in [0.05, 0.1) is 17.0 Å². The standard InChI is InChI=1S/C19H22N6O2/c20-19(27)16-11-22-17-4-2-12(9-15(16)17)23-18(26)5-3-13-8-14-10-21-6-1-7-25(14)24-13/h2,4,8-9,11,21-22H,1,3,5-7,10H2,(H2,20,27)(H,23,26). The van der Waals surface area contributed by atoms with Crippen molar-refractivity contribution in [3.63, 3.8) is 0 Å². The lowest BCUT2D eigenvalue weighted by atomic mass is 10.1. The van der Waals surface area contributed by atoms with Crippen LogP contribution in [0.25, 0.3) is 10.9 Å². The molecule has 0 bridgehead atoms. The average Bonchev–Trinajstić information content (AvgIpc) is 3.17. The zero-order valence-corrected chi connectivity index (χ0v) is 14.9. The fourth-order valence-corrected chi connectivity index (χ4v) is 3.41. The van der Waals surface area contributed by atoms with E-state index < -0.39 is 5.91 Å². The first-order chi connectivity index (χ1) is 13.1. The van der Waals surface area contributed by atoms with Crippen molar-refractivity contribution in [1.29, 1.82) is 0 Å². The quantitative estimate of drug-likeness (QED) is 0.548. The number of hydrogen-bond acceptors (Lipinski definition) is 4. The molecule has 140 valence electrons. The first-order valence-electron chi connectivity index (χ1n) is 9.07. The van der Waals surface area contributed by atoms with Crippen LogP contribution >= 0.6 is 0 Å². The van der Waals surface area contributed by atoms with Gasteiger partial charge in [-0.05, 0) is 37.2 Å². The summed E-state index contributed by atoms with van der Waals surface area (Å²) >= 11 is 0. The molecule has 8 nitrogen and oxygen atoms in total. The second-order valence-corrected chi connectivity index (χ2v) is 6.76. The molecule has 1 aliphatic rings. The Bertz CT molecular complexity index is 979. The van der Waals surface area contributed by atoms with Crippen LogP contribution in [0.2, 0.25) is 0 Å². The van der Waals surface area contributed by atoms with Crippen molar-refractivity contribution < 1.29 is 9.59 Å². The van der Waals surface area contributed by atoms with Crippen molar-refractivity contribution in [2.45, 2.75) is 32.4 Å². The molecular weight excluding hydrogens is 344 g/mol. The molecule has 3 heterocycles. The number of nitrogens with zero attached hydrogens (tertiary/aromatic N) is 2. The summed E-state index contributed by atoms with van der Waals surface area (Å²) in [5.74, 6) is -0.592. The zero-order chi connectivity index (χ0) is 18.8. The SMILES string of the molecule is NC(=O)c1c[nH]c2ccc(NC(=O)CCc3cc4n(n3)CCCNC4)cc12. The third kappa shape index (κ3) is 3.70. The van der Waals surface area contributed by atoms with E-state index in [0.717, 1.165) is 37.3 Å². The number of anilines is 1. The highest BCUT2D eigenvalue weighted by molar-refractivity contribution is 6.07. The summed E-state index contributed by atoms with van der Waals surface area (Å²) < 4.78 is 2.03. The molecule has 0 saturated heterocycles. The number of nitrogens with one attached hydrogen (secondary N) is 3. The Balaban J connectivity index is 1.40. The number of aromatic amines is 1. The van der Waals surface area contributed by atoms with Crippen LogP contribution in [0.15, 0.2) is 30.5 Å². The number of benzene rings is 1. The fraction of sp³-hybridized carbons (Fsp3) is 0.316. The minimum atomic E-state index is -0.501. The van der Waals surface area contributed by atoms with Gasteiger partial charge in [-0.3, -0.25) is 14.3 Å². The summed E-state index contributed by atoms with van der Waals surface area (Å²) in [7, 11) is 0. The molecule has 0 spiro atoms. The molecule has 0 radical (unpaired) electrons. The minimum Gasteiger partial charge on any atom is -0.366 e. The molecule has 2 amide bonds. The van der Waals surface area contributed by atoms with Crippen molar-refractivity contribution in [2.75, 3.05) is 11.9 Å². The van der Waals surface area contributed by atoms with Crippen LogP contribution in [-0.4, -0.2) is 33.1 Å². The smallest absolute Gasteiger partial charge is 0.250 e. The van der Waals surface area contributed by atoms with E-state index in [1.807, 2.05) is 10.7 Å². The van der Waals surface area contributed by atoms with Crippen LogP contribution in [0.4, 0.5) is 5.69 Å². The van der Waals surface area contributed by atoms with Crippen molar-refractivity contribution in [1.82, 2.24) is 20.1 Å². The monoisotopic (exact) mass is 366 g/mol. The van der Waals surface area contributed by atoms with Gasteiger partial charge in [0, 0.05) is 48.7 Å². The van der Waals surface area contributed by atoms with Gasteiger partial charge in [-0.1, -0.05) is 0 Å². The zero-order valence-electron chi connectivity index (χ0n) is 14.9. The molecule has 1 aliphatic heterocycles. The summed E-state index contributed by atoms with van der Waals surface area (Å²) in [6.07, 6.45) is 3.57. The summed E-state index contributed by atoms with van der Waals surface area (Å²) in [6, 6.07) is 7.44. The number of rotatable bonds is 5. The molecule has 0 aliphatic carbocycles. The number of nitrogens with two attached hydrogens (primary N) is 1. The molecule has 0 saturated carbocycles. The highest BCUT2D eigenvalue weighted by atomic mass is 16.2. The molecular formula is C19H22N6O2. The fourth-order valence-electron chi connectivity index (χ4n) is 3.41. The van der Waals surface area contributed by atoms with E-state index in [0.29, 0.717) is 29.5 Å². The van der Waals surface area contributed by atoms with Gasteiger partial charge < -0.3 is 21.4 Å². The lowest BCUT2D eigenvalue weighted by molar-refractivity contribution is -0.116. The van der Waals surface area contributed by atoms with E-state index in [1.165, 1.54) is 5.69 Å². The summed E-state index contributed by atoms with van der Waals surface area (Å²) in [4.78, 5) is 26.8. The number of carbonyl (C=O) groups excluding carboxylic acids is 2. The second kappa shape index (κ2) is 7.24. The van der Waals surface area contributed by atoms with Crippen LogP contribution in [0.5, 0.6) is 0 Å². The number of fused-ring (bicyclic) bond motifs is 2. The van der Waals surface area contributed by atoms with Crippen molar-refractivity contribution in [2.24, 2.45) is 5.73 Å². The Kier molecular flexibility index (Phi) is 4.64. The van der Waals surface area contributed by atoms with Crippen LogP contribution in [0, 0.1) is 0 Å². The number of hydrogen-bond donors (Lipinski definition) is 4. The Morgan fingerprint density at radius 3 is 3.04 bits per heavy atom. The number of aromatic nitrogens is 3. The number of H-pyrrole nitrogens is 1. The highest BCUT2D eigenvalue weighted by Crippen LogP contribution is 2.22. The molecule has 0 atom stereocenters. The molecule has 4 rings (SSSR count). The van der Waals surface area contributed by atoms with Gasteiger partial charge >= 0.3 is 0 Å². The predicted octanol–water partition coefficient (Wildman–Crippen LogP) is 1.53. The maximum absolute atomic E-state index is 12.3. The molecule has 0 fully saturated rings. The van der Waals surface area contributed by atoms with E-state index in [-0.39, 0.29) is 5.91 Å². The molecule has 2 aromatic heterocycles. The van der Waals surface area contributed by atoms with Crippen molar-refractivity contribution in [3.05, 3.63) is 47.4 Å². The second-order valence-electron chi connectivity index (χ2n) is 6.76. The van der Waals surface area contributed by atoms with E-state index in [1.54, 1.807) is 18.3 Å². The van der Waals surface area contributed by atoms with Crippen molar-refractivity contribution >= 4 is 28.4 Å². The normalized spacial score (nSPS) is 13.9. The minimum absolute atomic E-state index is 0.0909. The van der Waals surface area contributed by atoms with Crippen LogP contribution in [0.3, 0.4) is 0 Å². The topological polar surface area (TPSA) is 118 Å². The Morgan fingerprint density at radius 1 is 1.30 bits per heavy atom. The molecule has 8 heteroatoms. The summed E-state index contributed by atoms with van der Waals surface area (Å²) in [5, 5.41) is 11.5. The Labute approximate surface area is 156 Å². The number of amides is 2. The Morgan fingerprint density at radius 2 is 2.19 bits per heavy atom. The first-order valence-corrected chi connectivity index (χ1v) is 9.07. The first kappa shape index (κ1) is 17.3. The predicted molar refractivity (Wildman–Crippen MR) is 102 cm³/mol. The molecule has 1 aromatic carbocycles. The third-order valence-corrected chi connectivity index (χ3v) is 4.78.